The summed E-state index contributed by atoms with van der Waals surface area (Å²) in [6.07, 6.45) is 2.25. The first kappa shape index (κ1) is 19.0. The van der Waals surface area contributed by atoms with Gasteiger partial charge in [0.05, 0.1) is 0 Å². The molecule has 0 atom stereocenters. The number of nitrogens with zero attached hydrogens (tertiary/aromatic N) is 2. The molecule has 0 bridgehead atoms. The molecule has 1 N–H and O–H groups in total. The highest BCUT2D eigenvalue weighted by atomic mass is 16.2. The Kier molecular flexibility index (Phi) is 6.12. The molecule has 0 aliphatic carbocycles. The van der Waals surface area contributed by atoms with Crippen molar-refractivity contribution in [2.24, 2.45) is 5.92 Å². The van der Waals surface area contributed by atoms with Gasteiger partial charge in [-0.15, -0.1) is 0 Å². The van der Waals surface area contributed by atoms with Gasteiger partial charge in [-0.1, -0.05) is 25.1 Å². The third-order valence-corrected chi connectivity index (χ3v) is 5.13. The van der Waals surface area contributed by atoms with E-state index >= 15 is 0 Å². The number of piperidine rings is 1. The Labute approximate surface area is 161 Å². The number of hydrogen-bond acceptors (Lipinski definition) is 3. The maximum atomic E-state index is 12.3. The summed E-state index contributed by atoms with van der Waals surface area (Å²) in [6.45, 7) is 4.45. The van der Waals surface area contributed by atoms with E-state index in [-0.39, 0.29) is 18.2 Å². The summed E-state index contributed by atoms with van der Waals surface area (Å²) in [7, 11) is 1.68. The number of carbonyl (C=O) groups excluding carboxylic acids is 2. The summed E-state index contributed by atoms with van der Waals surface area (Å²) in [6, 6.07) is 17.2. The number of nitrogens with one attached hydrogen (secondary N) is 1. The van der Waals surface area contributed by atoms with Crippen LogP contribution in [0.15, 0.2) is 54.6 Å². The minimum Gasteiger partial charge on any atom is -0.372 e. The quantitative estimate of drug-likeness (QED) is 0.817. The SMILES string of the molecule is CC1CCN(c2ccc(NC(=O)CC(=O)N(C)c3ccccc3)cc2)CC1. The van der Waals surface area contributed by atoms with Crippen molar-refractivity contribution in [3.05, 3.63) is 54.6 Å². The molecule has 2 amide bonds. The van der Waals surface area contributed by atoms with Gasteiger partial charge in [0, 0.05) is 37.2 Å². The number of para-hydroxylation sites is 1. The second-order valence-electron chi connectivity index (χ2n) is 7.23. The number of hydrogen-bond donors (Lipinski definition) is 1. The van der Waals surface area contributed by atoms with E-state index in [2.05, 4.69) is 17.1 Å². The van der Waals surface area contributed by atoms with Crippen molar-refractivity contribution in [3.8, 4) is 0 Å². The van der Waals surface area contributed by atoms with Crippen molar-refractivity contribution in [1.82, 2.24) is 0 Å². The Balaban J connectivity index is 1.52. The fourth-order valence-corrected chi connectivity index (χ4v) is 3.28. The fraction of sp³-hybridized carbons (Fsp3) is 0.364. The van der Waals surface area contributed by atoms with E-state index in [0.29, 0.717) is 5.69 Å². The maximum Gasteiger partial charge on any atom is 0.236 e. The van der Waals surface area contributed by atoms with Crippen LogP contribution in [0.5, 0.6) is 0 Å². The number of carbonyl (C=O) groups is 2. The monoisotopic (exact) mass is 365 g/mol. The Hall–Kier alpha value is -2.82. The first-order chi connectivity index (χ1) is 13.0. The third kappa shape index (κ3) is 5.09. The lowest BCUT2D eigenvalue weighted by molar-refractivity contribution is -0.125. The van der Waals surface area contributed by atoms with E-state index in [1.807, 2.05) is 54.6 Å². The van der Waals surface area contributed by atoms with E-state index in [4.69, 9.17) is 0 Å². The standard InChI is InChI=1S/C22H27N3O2/c1-17-12-14-25(15-13-17)20-10-8-18(9-11-20)23-21(26)16-22(27)24(2)19-6-4-3-5-7-19/h3-11,17H,12-16H2,1-2H3,(H,23,26). The predicted octanol–water partition coefficient (Wildman–Crippen LogP) is 3.91. The van der Waals surface area contributed by atoms with E-state index in [1.54, 1.807) is 7.05 Å². The molecule has 0 spiro atoms. The van der Waals surface area contributed by atoms with Crippen LogP contribution in [0.3, 0.4) is 0 Å². The fourth-order valence-electron chi connectivity index (χ4n) is 3.28. The average Bonchev–Trinajstić information content (AvgIpc) is 2.69. The van der Waals surface area contributed by atoms with E-state index in [9.17, 15) is 9.59 Å². The molecular weight excluding hydrogens is 338 g/mol. The van der Waals surface area contributed by atoms with Crippen LogP contribution in [0, 0.1) is 5.92 Å². The van der Waals surface area contributed by atoms with Crippen LogP contribution in [0.25, 0.3) is 0 Å². The van der Waals surface area contributed by atoms with Crippen molar-refractivity contribution in [2.75, 3.05) is 35.3 Å². The van der Waals surface area contributed by atoms with Gasteiger partial charge in [0.25, 0.3) is 0 Å². The van der Waals surface area contributed by atoms with Crippen molar-refractivity contribution >= 4 is 28.9 Å². The van der Waals surface area contributed by atoms with E-state index in [1.165, 1.54) is 23.4 Å². The van der Waals surface area contributed by atoms with Crippen molar-refractivity contribution in [2.45, 2.75) is 26.2 Å². The molecule has 0 saturated carbocycles. The van der Waals surface area contributed by atoms with Crippen LogP contribution in [0.1, 0.15) is 26.2 Å². The third-order valence-electron chi connectivity index (χ3n) is 5.13. The zero-order valence-corrected chi connectivity index (χ0v) is 16.0. The normalized spacial score (nSPS) is 14.7. The Morgan fingerprint density at radius 2 is 1.67 bits per heavy atom. The van der Waals surface area contributed by atoms with Gasteiger partial charge in [-0.2, -0.15) is 0 Å². The van der Waals surface area contributed by atoms with Gasteiger partial charge in [-0.05, 0) is 55.2 Å². The number of anilines is 3. The molecule has 0 aromatic heterocycles. The molecule has 2 aromatic rings. The first-order valence-electron chi connectivity index (χ1n) is 9.49. The van der Waals surface area contributed by atoms with Crippen LogP contribution in [-0.4, -0.2) is 32.0 Å². The zero-order valence-electron chi connectivity index (χ0n) is 16.0. The van der Waals surface area contributed by atoms with Crippen molar-refractivity contribution < 1.29 is 9.59 Å². The van der Waals surface area contributed by atoms with Crippen LogP contribution >= 0.6 is 0 Å². The predicted molar refractivity (Wildman–Crippen MR) is 110 cm³/mol. The smallest absolute Gasteiger partial charge is 0.236 e. The molecule has 0 unspecified atom stereocenters. The molecule has 1 aliphatic rings. The summed E-state index contributed by atoms with van der Waals surface area (Å²) in [5, 5.41) is 2.81. The molecule has 1 aliphatic heterocycles. The molecule has 1 heterocycles. The number of amides is 2. The van der Waals surface area contributed by atoms with Crippen molar-refractivity contribution in [3.63, 3.8) is 0 Å². The minimum atomic E-state index is -0.303. The Bertz CT molecular complexity index is 766. The lowest BCUT2D eigenvalue weighted by atomic mass is 9.99. The average molecular weight is 365 g/mol. The van der Waals surface area contributed by atoms with Crippen LogP contribution in [-0.2, 0) is 9.59 Å². The number of rotatable bonds is 5. The van der Waals surface area contributed by atoms with Gasteiger partial charge >= 0.3 is 0 Å². The largest absolute Gasteiger partial charge is 0.372 e. The van der Waals surface area contributed by atoms with Crippen LogP contribution < -0.4 is 15.1 Å². The maximum absolute atomic E-state index is 12.3. The first-order valence-corrected chi connectivity index (χ1v) is 9.49. The van der Waals surface area contributed by atoms with Gasteiger partial charge in [0.15, 0.2) is 0 Å². The second kappa shape index (κ2) is 8.71. The molecule has 5 heteroatoms. The van der Waals surface area contributed by atoms with Gasteiger partial charge in [-0.25, -0.2) is 0 Å². The molecule has 142 valence electrons. The second-order valence-corrected chi connectivity index (χ2v) is 7.23. The van der Waals surface area contributed by atoms with E-state index < -0.39 is 0 Å². The highest BCUT2D eigenvalue weighted by Gasteiger charge is 2.17. The van der Waals surface area contributed by atoms with Gasteiger partial charge in [-0.3, -0.25) is 9.59 Å². The summed E-state index contributed by atoms with van der Waals surface area (Å²) in [4.78, 5) is 28.4. The molecule has 1 fully saturated rings. The molecule has 2 aromatic carbocycles. The van der Waals surface area contributed by atoms with Crippen LogP contribution in [0.4, 0.5) is 17.1 Å². The Morgan fingerprint density at radius 1 is 1.04 bits per heavy atom. The van der Waals surface area contributed by atoms with Gasteiger partial charge in [0.1, 0.15) is 6.42 Å². The lowest BCUT2D eigenvalue weighted by Gasteiger charge is -2.32. The van der Waals surface area contributed by atoms with Crippen LogP contribution in [0.2, 0.25) is 0 Å². The molecule has 3 rings (SSSR count). The summed E-state index contributed by atoms with van der Waals surface area (Å²) in [5.74, 6) is 0.256. The molecule has 1 saturated heterocycles. The summed E-state index contributed by atoms with van der Waals surface area (Å²) in [5.41, 5.74) is 2.67. The number of benzene rings is 2. The van der Waals surface area contributed by atoms with Gasteiger partial charge < -0.3 is 15.1 Å². The molecular formula is C22H27N3O2. The molecule has 5 nitrogen and oxygen atoms in total. The highest BCUT2D eigenvalue weighted by Crippen LogP contribution is 2.24. The summed E-state index contributed by atoms with van der Waals surface area (Å²) < 4.78 is 0. The molecule has 27 heavy (non-hydrogen) atoms. The zero-order chi connectivity index (χ0) is 19.2. The Morgan fingerprint density at radius 3 is 2.30 bits per heavy atom. The highest BCUT2D eigenvalue weighted by molar-refractivity contribution is 6.08. The van der Waals surface area contributed by atoms with E-state index in [0.717, 1.165) is 24.7 Å². The van der Waals surface area contributed by atoms with Crippen molar-refractivity contribution in [1.29, 1.82) is 0 Å². The minimum absolute atomic E-state index is 0.183. The lowest BCUT2D eigenvalue weighted by Crippen LogP contribution is -2.32. The summed E-state index contributed by atoms with van der Waals surface area (Å²) >= 11 is 0. The topological polar surface area (TPSA) is 52.7 Å². The molecule has 0 radical (unpaired) electrons. The van der Waals surface area contributed by atoms with Gasteiger partial charge in [0.2, 0.25) is 11.8 Å².